The maximum absolute atomic E-state index is 10.5. The third-order valence-corrected chi connectivity index (χ3v) is 1.70. The van der Waals surface area contributed by atoms with Crippen molar-refractivity contribution in [3.63, 3.8) is 0 Å². The number of carbonyl (C=O) groups excluding carboxylic acids is 1. The third-order valence-electron chi connectivity index (χ3n) is 1.70. The Morgan fingerprint density at radius 2 is 1.88 bits per heavy atom. The van der Waals surface area contributed by atoms with E-state index in [0.29, 0.717) is 0 Å². The molecule has 16 heavy (non-hydrogen) atoms. The van der Waals surface area contributed by atoms with Crippen LogP contribution >= 0.6 is 0 Å². The highest BCUT2D eigenvalue weighted by atomic mass is 16.6. The van der Waals surface area contributed by atoms with E-state index in [2.05, 4.69) is 6.58 Å². The van der Waals surface area contributed by atoms with Crippen molar-refractivity contribution in [2.24, 2.45) is 0 Å². The van der Waals surface area contributed by atoms with Crippen LogP contribution in [-0.4, -0.2) is 40.8 Å². The molecule has 5 heteroatoms. The Morgan fingerprint density at radius 1 is 1.38 bits per heavy atom. The van der Waals surface area contributed by atoms with Gasteiger partial charge in [0.25, 0.3) is 0 Å². The van der Waals surface area contributed by atoms with Gasteiger partial charge in [-0.05, 0) is 27.2 Å². The minimum atomic E-state index is -0.786. The lowest BCUT2D eigenvalue weighted by atomic mass is 10.2. The Balaban J connectivity index is 0.000000288. The highest BCUT2D eigenvalue weighted by molar-refractivity contribution is 5.81. The van der Waals surface area contributed by atoms with E-state index in [1.54, 1.807) is 0 Å². The van der Waals surface area contributed by atoms with Crippen molar-refractivity contribution in [1.29, 1.82) is 0 Å². The second-order valence-corrected chi connectivity index (χ2v) is 4.36. The van der Waals surface area contributed by atoms with E-state index < -0.39 is 11.7 Å². The molecular formula is C11H19NO4. The normalized spacial score (nSPS) is 14.1. The third kappa shape index (κ3) is 6.86. The lowest BCUT2D eigenvalue weighted by Gasteiger charge is -2.27. The van der Waals surface area contributed by atoms with Crippen LogP contribution in [0.25, 0.3) is 0 Å². The number of rotatable bonds is 1. The van der Waals surface area contributed by atoms with Crippen molar-refractivity contribution in [3.8, 4) is 0 Å². The van der Waals surface area contributed by atoms with Crippen LogP contribution in [0.2, 0.25) is 0 Å². The Labute approximate surface area is 95.7 Å². The van der Waals surface area contributed by atoms with Gasteiger partial charge in [0.2, 0.25) is 0 Å². The topological polar surface area (TPSA) is 66.8 Å². The van der Waals surface area contributed by atoms with Crippen molar-refractivity contribution >= 4 is 12.1 Å². The van der Waals surface area contributed by atoms with Gasteiger partial charge in [0.05, 0.1) is 0 Å². The minimum absolute atomic E-state index is 0.373. The van der Waals surface area contributed by atoms with Crippen LogP contribution in [0, 0.1) is 0 Å². The molecule has 1 heterocycles. The molecule has 5 nitrogen and oxygen atoms in total. The van der Waals surface area contributed by atoms with Gasteiger partial charge < -0.3 is 14.7 Å². The van der Waals surface area contributed by atoms with Crippen LogP contribution in [0.3, 0.4) is 0 Å². The summed E-state index contributed by atoms with van der Waals surface area (Å²) in [7, 11) is 0. The van der Waals surface area contributed by atoms with E-state index in [1.807, 2.05) is 20.8 Å². The van der Waals surface area contributed by atoms with E-state index in [9.17, 15) is 9.59 Å². The molecule has 92 valence electrons. The highest BCUT2D eigenvalue weighted by Gasteiger charge is 2.17. The van der Waals surface area contributed by atoms with E-state index in [1.165, 1.54) is 4.90 Å². The van der Waals surface area contributed by atoms with E-state index in [0.717, 1.165) is 25.6 Å². The van der Waals surface area contributed by atoms with Gasteiger partial charge in [-0.3, -0.25) is 0 Å². The lowest BCUT2D eigenvalue weighted by Crippen LogP contribution is -2.40. The molecule has 1 saturated heterocycles. The maximum Gasteiger partial charge on any atom is 0.407 e. The molecule has 0 aromatic rings. The fraction of sp³-hybridized carbons (Fsp3) is 0.636. The number of likely N-dealkylation sites (tertiary alicyclic amines) is 1. The van der Waals surface area contributed by atoms with Crippen LogP contribution < -0.4 is 0 Å². The summed E-state index contributed by atoms with van der Waals surface area (Å²) in [5.74, 6) is -0.373. The molecule has 1 fully saturated rings. The van der Waals surface area contributed by atoms with Gasteiger partial charge in [0.1, 0.15) is 5.60 Å². The first-order valence-electron chi connectivity index (χ1n) is 5.09. The zero-order valence-electron chi connectivity index (χ0n) is 10.0. The zero-order chi connectivity index (χ0) is 12.8. The fourth-order valence-corrected chi connectivity index (χ4v) is 0.851. The van der Waals surface area contributed by atoms with E-state index in [4.69, 9.17) is 9.84 Å². The number of hydrogen-bond acceptors (Lipinski definition) is 3. The second-order valence-electron chi connectivity index (χ2n) is 4.36. The quantitative estimate of drug-likeness (QED) is 0.550. The number of carbonyl (C=O) groups is 2. The van der Waals surface area contributed by atoms with E-state index in [-0.39, 0.29) is 5.97 Å². The van der Waals surface area contributed by atoms with Gasteiger partial charge in [0.15, 0.2) is 0 Å². The van der Waals surface area contributed by atoms with Crippen molar-refractivity contribution in [2.75, 3.05) is 13.1 Å². The number of nitrogens with zero attached hydrogens (tertiary/aromatic N) is 1. The molecule has 0 saturated carbocycles. The smallest absolute Gasteiger partial charge is 0.407 e. The molecule has 1 amide bonds. The average Bonchev–Trinajstić information content (AvgIpc) is 1.97. The van der Waals surface area contributed by atoms with Gasteiger partial charge in [-0.2, -0.15) is 0 Å². The largest absolute Gasteiger partial charge is 0.465 e. The van der Waals surface area contributed by atoms with Gasteiger partial charge in [-0.1, -0.05) is 6.58 Å². The molecule has 0 aromatic carbocycles. The number of ether oxygens (including phenoxy) is 1. The Kier molecular flexibility index (Phi) is 5.56. The van der Waals surface area contributed by atoms with Crippen molar-refractivity contribution in [3.05, 3.63) is 12.7 Å². The first kappa shape index (κ1) is 14.5. The summed E-state index contributed by atoms with van der Waals surface area (Å²) in [6.45, 7) is 10.2. The molecule has 0 aromatic heterocycles. The van der Waals surface area contributed by atoms with Gasteiger partial charge >= 0.3 is 12.1 Å². The van der Waals surface area contributed by atoms with Gasteiger partial charge in [-0.25, -0.2) is 9.59 Å². The van der Waals surface area contributed by atoms with Crippen LogP contribution in [0.4, 0.5) is 4.79 Å². The molecule has 1 N–H and O–H groups in total. The van der Waals surface area contributed by atoms with E-state index >= 15 is 0 Å². The maximum atomic E-state index is 10.5. The lowest BCUT2D eigenvalue weighted by molar-refractivity contribution is -0.148. The SMILES string of the molecule is C=CC(=O)OC(C)(C)C.O=C(O)N1CCC1. The molecule has 0 atom stereocenters. The summed E-state index contributed by atoms with van der Waals surface area (Å²) >= 11 is 0. The highest BCUT2D eigenvalue weighted by Crippen LogP contribution is 2.06. The molecule has 0 aliphatic carbocycles. The minimum Gasteiger partial charge on any atom is -0.465 e. The molecule has 0 bridgehead atoms. The van der Waals surface area contributed by atoms with Crippen LogP contribution in [-0.2, 0) is 9.53 Å². The van der Waals surface area contributed by atoms with Crippen LogP contribution in [0.5, 0.6) is 0 Å². The monoisotopic (exact) mass is 229 g/mol. The average molecular weight is 229 g/mol. The summed E-state index contributed by atoms with van der Waals surface area (Å²) in [5.41, 5.74) is -0.398. The summed E-state index contributed by atoms with van der Waals surface area (Å²) in [4.78, 5) is 21.8. The molecule has 0 radical (unpaired) electrons. The first-order chi connectivity index (χ1) is 7.26. The first-order valence-corrected chi connectivity index (χ1v) is 5.09. The zero-order valence-corrected chi connectivity index (χ0v) is 10.0. The van der Waals surface area contributed by atoms with Gasteiger partial charge in [0, 0.05) is 19.2 Å². The predicted octanol–water partition coefficient (Wildman–Crippen LogP) is 1.88. The standard InChI is InChI=1S/C7H12O2.C4H7NO2/c1-5-6(8)9-7(2,3)4;6-4(7)5-2-1-3-5/h5H,1H2,2-4H3;1-3H2,(H,6,7). The summed E-state index contributed by atoms with van der Waals surface area (Å²) < 4.78 is 4.83. The summed E-state index contributed by atoms with van der Waals surface area (Å²) in [5, 5.41) is 8.16. The number of hydrogen-bond donors (Lipinski definition) is 1. The van der Waals surface area contributed by atoms with Crippen LogP contribution in [0.15, 0.2) is 12.7 Å². The molecule has 1 aliphatic rings. The fourth-order valence-electron chi connectivity index (χ4n) is 0.851. The molecule has 1 aliphatic heterocycles. The predicted molar refractivity (Wildman–Crippen MR) is 60.3 cm³/mol. The number of amides is 1. The van der Waals surface area contributed by atoms with Crippen molar-refractivity contribution in [2.45, 2.75) is 32.8 Å². The molecule has 1 rings (SSSR count). The van der Waals surface area contributed by atoms with Crippen molar-refractivity contribution in [1.82, 2.24) is 4.90 Å². The molecular weight excluding hydrogens is 210 g/mol. The summed E-state index contributed by atoms with van der Waals surface area (Å²) in [6.07, 6.45) is 1.41. The molecule has 0 spiro atoms. The van der Waals surface area contributed by atoms with Gasteiger partial charge in [-0.15, -0.1) is 0 Å². The Bertz CT molecular complexity index is 264. The Hall–Kier alpha value is -1.52. The summed E-state index contributed by atoms with van der Waals surface area (Å²) in [6, 6.07) is 0. The Morgan fingerprint density at radius 3 is 1.94 bits per heavy atom. The van der Waals surface area contributed by atoms with Crippen LogP contribution in [0.1, 0.15) is 27.2 Å². The second kappa shape index (κ2) is 6.15. The van der Waals surface area contributed by atoms with Crippen molar-refractivity contribution < 1.29 is 19.4 Å². The number of carboxylic acid groups (broad SMARTS) is 1. The molecule has 0 unspecified atom stereocenters. The number of esters is 1.